The van der Waals surface area contributed by atoms with Gasteiger partial charge in [-0.15, -0.1) is 6.58 Å². The predicted octanol–water partition coefficient (Wildman–Crippen LogP) is -0.281. The molecule has 0 rings (SSSR count). The van der Waals surface area contributed by atoms with Gasteiger partial charge in [0.25, 0.3) is 5.92 Å². The van der Waals surface area contributed by atoms with Crippen molar-refractivity contribution >= 4 is 10.0 Å². The molecule has 0 unspecified atom stereocenters. The molecule has 2 N–H and O–H groups in total. The molecule has 0 radical (unpaired) electrons. The lowest BCUT2D eigenvalue weighted by Crippen LogP contribution is -2.39. The lowest BCUT2D eigenvalue weighted by atomic mass is 10.4. The van der Waals surface area contributed by atoms with Gasteiger partial charge in [0.1, 0.15) is 6.61 Å². The Labute approximate surface area is 75.3 Å². The van der Waals surface area contributed by atoms with Crippen molar-refractivity contribution in [1.82, 2.24) is 4.72 Å². The zero-order valence-corrected chi connectivity index (χ0v) is 7.65. The van der Waals surface area contributed by atoms with Gasteiger partial charge < -0.3 is 5.11 Å². The number of rotatable bonds is 6. The van der Waals surface area contributed by atoms with Gasteiger partial charge in [-0.25, -0.2) is 21.9 Å². The van der Waals surface area contributed by atoms with Gasteiger partial charge in [0.2, 0.25) is 10.0 Å². The molecule has 0 aromatic rings. The molecule has 0 aliphatic carbocycles. The lowest BCUT2D eigenvalue weighted by Gasteiger charge is -2.13. The summed E-state index contributed by atoms with van der Waals surface area (Å²) in [6.07, 6.45) is 1.08. The van der Waals surface area contributed by atoms with Crippen LogP contribution in [0.15, 0.2) is 12.7 Å². The maximum Gasteiger partial charge on any atom is 0.283 e. The number of aliphatic hydroxyl groups excluding tert-OH is 1. The molecule has 0 heterocycles. The summed E-state index contributed by atoms with van der Waals surface area (Å²) in [6.45, 7) is 0.672. The average molecular weight is 215 g/mol. The maximum absolute atomic E-state index is 12.3. The molecule has 0 bridgehead atoms. The SMILES string of the molecule is C=CCS(=O)(=O)NCC(F)(F)CO. The van der Waals surface area contributed by atoms with Gasteiger partial charge in [-0.3, -0.25) is 0 Å². The topological polar surface area (TPSA) is 66.4 Å². The highest BCUT2D eigenvalue weighted by Crippen LogP contribution is 2.10. The Morgan fingerprint density at radius 2 is 2.08 bits per heavy atom. The smallest absolute Gasteiger partial charge is 0.283 e. The van der Waals surface area contributed by atoms with Crippen LogP contribution in [0.1, 0.15) is 0 Å². The third kappa shape index (κ3) is 5.67. The van der Waals surface area contributed by atoms with Gasteiger partial charge in [-0.1, -0.05) is 6.08 Å². The van der Waals surface area contributed by atoms with Crippen LogP contribution in [0.4, 0.5) is 8.78 Å². The normalized spacial score (nSPS) is 12.8. The molecular weight excluding hydrogens is 204 g/mol. The van der Waals surface area contributed by atoms with Gasteiger partial charge in [0.15, 0.2) is 0 Å². The molecule has 13 heavy (non-hydrogen) atoms. The summed E-state index contributed by atoms with van der Waals surface area (Å²) in [6, 6.07) is 0. The number of sulfonamides is 1. The summed E-state index contributed by atoms with van der Waals surface area (Å²) in [4.78, 5) is 0. The predicted molar refractivity (Wildman–Crippen MR) is 44.0 cm³/mol. The van der Waals surface area contributed by atoms with E-state index in [0.717, 1.165) is 6.08 Å². The highest BCUT2D eigenvalue weighted by molar-refractivity contribution is 7.89. The van der Waals surface area contributed by atoms with Crippen molar-refractivity contribution in [2.45, 2.75) is 5.92 Å². The summed E-state index contributed by atoms with van der Waals surface area (Å²) in [5.41, 5.74) is 0. The second-order valence-electron chi connectivity index (χ2n) is 2.41. The van der Waals surface area contributed by atoms with E-state index in [4.69, 9.17) is 5.11 Å². The van der Waals surface area contributed by atoms with E-state index in [1.807, 2.05) is 0 Å². The van der Waals surface area contributed by atoms with Crippen LogP contribution in [0.3, 0.4) is 0 Å². The summed E-state index contributed by atoms with van der Waals surface area (Å²) in [5.74, 6) is -3.84. The molecule has 0 fully saturated rings. The van der Waals surface area contributed by atoms with Crippen molar-refractivity contribution < 1.29 is 22.3 Å². The summed E-state index contributed by atoms with van der Waals surface area (Å²) < 4.78 is 47.9. The summed E-state index contributed by atoms with van der Waals surface area (Å²) in [5, 5.41) is 8.12. The van der Waals surface area contributed by atoms with Crippen molar-refractivity contribution in [1.29, 1.82) is 0 Å². The number of hydrogen-bond acceptors (Lipinski definition) is 3. The van der Waals surface area contributed by atoms with Gasteiger partial charge in [0, 0.05) is 0 Å². The second kappa shape index (κ2) is 4.64. The molecule has 0 amide bonds. The number of alkyl halides is 2. The minimum atomic E-state index is -3.73. The molecule has 0 saturated carbocycles. The maximum atomic E-state index is 12.3. The molecular formula is C6H11F2NO3S. The van der Waals surface area contributed by atoms with Crippen molar-refractivity contribution in [2.75, 3.05) is 18.9 Å². The third-order valence-corrected chi connectivity index (χ3v) is 2.38. The summed E-state index contributed by atoms with van der Waals surface area (Å²) in [7, 11) is -3.73. The highest BCUT2D eigenvalue weighted by Gasteiger charge is 2.29. The molecule has 0 spiro atoms. The molecule has 0 saturated heterocycles. The Balaban J connectivity index is 4.09. The molecule has 0 aromatic heterocycles. The van der Waals surface area contributed by atoms with E-state index in [1.165, 1.54) is 0 Å². The first-order valence-electron chi connectivity index (χ1n) is 3.40. The van der Waals surface area contributed by atoms with Crippen LogP contribution in [0.5, 0.6) is 0 Å². The van der Waals surface area contributed by atoms with Crippen LogP contribution < -0.4 is 4.72 Å². The van der Waals surface area contributed by atoms with Gasteiger partial charge in [-0.2, -0.15) is 0 Å². The number of halogens is 2. The molecule has 4 nitrogen and oxygen atoms in total. The molecule has 7 heteroatoms. The first-order chi connectivity index (χ1) is 5.83. The van der Waals surface area contributed by atoms with E-state index < -0.39 is 34.9 Å². The van der Waals surface area contributed by atoms with Crippen LogP contribution in [0.2, 0.25) is 0 Å². The van der Waals surface area contributed by atoms with E-state index in [0.29, 0.717) is 0 Å². The largest absolute Gasteiger partial charge is 0.390 e. The van der Waals surface area contributed by atoms with Gasteiger partial charge in [-0.05, 0) is 0 Å². The van der Waals surface area contributed by atoms with Crippen LogP contribution in [-0.4, -0.2) is 38.4 Å². The molecule has 0 aromatic carbocycles. The van der Waals surface area contributed by atoms with Gasteiger partial charge in [0.05, 0.1) is 12.3 Å². The lowest BCUT2D eigenvalue weighted by molar-refractivity contribution is -0.0437. The minimum Gasteiger partial charge on any atom is -0.390 e. The number of hydrogen-bond donors (Lipinski definition) is 2. The molecule has 0 aliphatic rings. The van der Waals surface area contributed by atoms with Crippen molar-refractivity contribution in [3.8, 4) is 0 Å². The first-order valence-corrected chi connectivity index (χ1v) is 5.05. The number of nitrogens with one attached hydrogen (secondary N) is 1. The Kier molecular flexibility index (Phi) is 4.45. The fourth-order valence-electron chi connectivity index (χ4n) is 0.486. The first kappa shape index (κ1) is 12.5. The Bertz CT molecular complexity index is 263. The quantitative estimate of drug-likeness (QED) is 0.599. The van der Waals surface area contributed by atoms with Crippen LogP contribution in [-0.2, 0) is 10.0 Å². The standard InChI is InChI=1S/C6H11F2NO3S/c1-2-3-13(11,12)9-4-6(7,8)5-10/h2,9-10H,1,3-5H2. The van der Waals surface area contributed by atoms with E-state index in [-0.39, 0.29) is 0 Å². The van der Waals surface area contributed by atoms with E-state index in [2.05, 4.69) is 6.58 Å². The monoisotopic (exact) mass is 215 g/mol. The molecule has 78 valence electrons. The minimum absolute atomic E-state index is 0.422. The van der Waals surface area contributed by atoms with Crippen molar-refractivity contribution in [2.24, 2.45) is 0 Å². The number of aliphatic hydroxyl groups is 1. The Morgan fingerprint density at radius 1 is 1.54 bits per heavy atom. The van der Waals surface area contributed by atoms with Crippen LogP contribution in [0.25, 0.3) is 0 Å². The fourth-order valence-corrected chi connectivity index (χ4v) is 1.34. The molecule has 0 aliphatic heterocycles. The second-order valence-corrected chi connectivity index (χ2v) is 4.26. The fraction of sp³-hybridized carbons (Fsp3) is 0.667. The van der Waals surface area contributed by atoms with Crippen LogP contribution in [0, 0.1) is 0 Å². The van der Waals surface area contributed by atoms with E-state index in [9.17, 15) is 17.2 Å². The van der Waals surface area contributed by atoms with E-state index in [1.54, 1.807) is 4.72 Å². The van der Waals surface area contributed by atoms with Crippen molar-refractivity contribution in [3.63, 3.8) is 0 Å². The molecule has 0 atom stereocenters. The zero-order chi connectivity index (χ0) is 10.5. The zero-order valence-electron chi connectivity index (χ0n) is 6.83. The Morgan fingerprint density at radius 3 is 2.46 bits per heavy atom. The highest BCUT2D eigenvalue weighted by atomic mass is 32.2. The third-order valence-electron chi connectivity index (χ3n) is 1.12. The average Bonchev–Trinajstić information content (AvgIpc) is 2.02. The summed E-state index contributed by atoms with van der Waals surface area (Å²) >= 11 is 0. The Hall–Kier alpha value is -0.530. The van der Waals surface area contributed by atoms with Crippen molar-refractivity contribution in [3.05, 3.63) is 12.7 Å². The van der Waals surface area contributed by atoms with Crippen LogP contribution >= 0.6 is 0 Å². The van der Waals surface area contributed by atoms with E-state index >= 15 is 0 Å². The van der Waals surface area contributed by atoms with Gasteiger partial charge >= 0.3 is 0 Å².